The fraction of sp³-hybridized carbons (Fsp3) is 0.500. The first-order valence-corrected chi connectivity index (χ1v) is 5.82. The Morgan fingerprint density at radius 1 is 1.25 bits per heavy atom. The van der Waals surface area contributed by atoms with Gasteiger partial charge in [0.1, 0.15) is 5.78 Å². The molecule has 2 heteroatoms. The van der Waals surface area contributed by atoms with Gasteiger partial charge in [0.15, 0.2) is 0 Å². The number of ketones is 1. The number of Topliss-reactive ketones (excluding diaryl/α,β-unsaturated/α-hetero) is 1. The maximum atomic E-state index is 10.9. The van der Waals surface area contributed by atoms with E-state index in [1.54, 1.807) is 0 Å². The highest BCUT2D eigenvalue weighted by Gasteiger charge is 2.07. The number of hydrogen-bond acceptors (Lipinski definition) is 2. The monoisotopic (exact) mass is 221 g/mol. The Labute approximate surface area is 98.9 Å². The van der Waals surface area contributed by atoms with Crippen molar-refractivity contribution in [3.8, 4) is 0 Å². The molecule has 2 nitrogen and oxygen atoms in total. The third-order valence-electron chi connectivity index (χ3n) is 2.10. The average molecular weight is 221 g/mol. The first kappa shape index (κ1) is 14.8. The van der Waals surface area contributed by atoms with Crippen LogP contribution in [0.25, 0.3) is 0 Å². The van der Waals surface area contributed by atoms with Gasteiger partial charge in [-0.3, -0.25) is 4.79 Å². The second kappa shape index (κ2) is 8.05. The number of nitrogens with two attached hydrogens (primary N) is 1. The Morgan fingerprint density at radius 2 is 1.69 bits per heavy atom. The fourth-order valence-corrected chi connectivity index (χ4v) is 1.12. The molecule has 0 aromatic heterocycles. The quantitative estimate of drug-likeness (QED) is 0.853. The van der Waals surface area contributed by atoms with E-state index in [4.69, 9.17) is 5.73 Å². The van der Waals surface area contributed by atoms with Crippen LogP contribution in [0.4, 0.5) is 0 Å². The van der Waals surface area contributed by atoms with Crippen molar-refractivity contribution < 1.29 is 4.79 Å². The topological polar surface area (TPSA) is 43.1 Å². The van der Waals surface area contributed by atoms with Crippen LogP contribution >= 0.6 is 0 Å². The summed E-state index contributed by atoms with van der Waals surface area (Å²) in [6.07, 6.45) is 1.88. The van der Waals surface area contributed by atoms with Crippen LogP contribution in [0.1, 0.15) is 38.3 Å². The smallest absolute Gasteiger partial charge is 0.146 e. The molecule has 0 radical (unpaired) electrons. The summed E-state index contributed by atoms with van der Waals surface area (Å²) in [5.74, 6) is 0.0422. The molecule has 0 unspecified atom stereocenters. The predicted octanol–water partition coefficient (Wildman–Crippen LogP) is 2.87. The highest BCUT2D eigenvalue weighted by molar-refractivity contribution is 5.81. The van der Waals surface area contributed by atoms with Gasteiger partial charge in [0.2, 0.25) is 0 Å². The molecule has 1 aromatic rings. The van der Waals surface area contributed by atoms with E-state index in [1.807, 2.05) is 31.2 Å². The van der Waals surface area contributed by atoms with E-state index in [2.05, 4.69) is 13.8 Å². The third-order valence-corrected chi connectivity index (χ3v) is 2.10. The maximum absolute atomic E-state index is 10.9. The molecule has 1 rings (SSSR count). The molecule has 0 amide bonds. The number of aryl methyl sites for hydroxylation is 1. The molecule has 1 atom stereocenters. The summed E-state index contributed by atoms with van der Waals surface area (Å²) in [6, 6.07) is 7.73. The van der Waals surface area contributed by atoms with Crippen molar-refractivity contribution in [1.29, 1.82) is 0 Å². The van der Waals surface area contributed by atoms with Crippen LogP contribution in [0.15, 0.2) is 24.3 Å². The van der Waals surface area contributed by atoms with Crippen molar-refractivity contribution in [2.24, 2.45) is 5.73 Å². The van der Waals surface area contributed by atoms with E-state index >= 15 is 0 Å². The summed E-state index contributed by atoms with van der Waals surface area (Å²) in [4.78, 5) is 10.9. The summed E-state index contributed by atoms with van der Waals surface area (Å²) in [7, 11) is 0. The molecular formula is C14H23NO. The zero-order valence-corrected chi connectivity index (χ0v) is 10.8. The lowest BCUT2D eigenvalue weighted by molar-refractivity contribution is -0.118. The van der Waals surface area contributed by atoms with Gasteiger partial charge in [0.25, 0.3) is 0 Å². The van der Waals surface area contributed by atoms with Crippen molar-refractivity contribution in [1.82, 2.24) is 0 Å². The van der Waals surface area contributed by atoms with Gasteiger partial charge in [-0.2, -0.15) is 0 Å². The molecule has 0 saturated heterocycles. The lowest BCUT2D eigenvalue weighted by Crippen LogP contribution is -2.30. The Hall–Kier alpha value is -1.15. The summed E-state index contributed by atoms with van der Waals surface area (Å²) >= 11 is 0. The van der Waals surface area contributed by atoms with Crippen molar-refractivity contribution >= 4 is 5.78 Å². The minimum Gasteiger partial charge on any atom is -0.321 e. The number of carbonyl (C=O) groups is 1. The number of benzene rings is 1. The minimum atomic E-state index is -0.359. The second-order valence-corrected chi connectivity index (χ2v) is 4.11. The van der Waals surface area contributed by atoms with Crippen molar-refractivity contribution in [2.75, 3.05) is 0 Å². The molecule has 1 aromatic carbocycles. The second-order valence-electron chi connectivity index (χ2n) is 4.11. The zero-order chi connectivity index (χ0) is 12.6. The minimum absolute atomic E-state index is 0.0422. The molecule has 0 spiro atoms. The average Bonchev–Trinajstić information content (AvgIpc) is 2.22. The molecule has 90 valence electrons. The Kier molecular flexibility index (Phi) is 7.48. The molecule has 0 saturated carbocycles. The third kappa shape index (κ3) is 6.36. The Morgan fingerprint density at radius 3 is 2.06 bits per heavy atom. The maximum Gasteiger partial charge on any atom is 0.146 e. The van der Waals surface area contributed by atoms with Crippen molar-refractivity contribution in [2.45, 2.75) is 46.6 Å². The van der Waals surface area contributed by atoms with Gasteiger partial charge in [-0.25, -0.2) is 0 Å². The van der Waals surface area contributed by atoms with Gasteiger partial charge in [0, 0.05) is 0 Å². The van der Waals surface area contributed by atoms with Gasteiger partial charge in [-0.15, -0.1) is 0 Å². The first-order chi connectivity index (χ1) is 7.51. The van der Waals surface area contributed by atoms with E-state index in [1.165, 1.54) is 18.9 Å². The highest BCUT2D eigenvalue weighted by atomic mass is 16.1. The van der Waals surface area contributed by atoms with Gasteiger partial charge >= 0.3 is 0 Å². The SMILES string of the molecule is CC(=O)[C@@H](N)Cc1ccc(C)cc1.CCC. The van der Waals surface area contributed by atoms with Crippen LogP contribution in [0.3, 0.4) is 0 Å². The lowest BCUT2D eigenvalue weighted by atomic mass is 10.0. The van der Waals surface area contributed by atoms with Gasteiger partial charge in [-0.05, 0) is 25.8 Å². The molecule has 0 fully saturated rings. The Bertz CT molecular complexity index is 303. The van der Waals surface area contributed by atoms with E-state index in [0.717, 1.165) is 5.56 Å². The molecule has 2 N–H and O–H groups in total. The normalized spacial score (nSPS) is 11.3. The molecule has 16 heavy (non-hydrogen) atoms. The van der Waals surface area contributed by atoms with Crippen LogP contribution in [0, 0.1) is 6.92 Å². The van der Waals surface area contributed by atoms with E-state index in [0.29, 0.717) is 6.42 Å². The largest absolute Gasteiger partial charge is 0.321 e. The highest BCUT2D eigenvalue weighted by Crippen LogP contribution is 2.05. The van der Waals surface area contributed by atoms with Crippen LogP contribution in [-0.4, -0.2) is 11.8 Å². The van der Waals surface area contributed by atoms with Crippen LogP contribution in [-0.2, 0) is 11.2 Å². The predicted molar refractivity (Wildman–Crippen MR) is 69.5 cm³/mol. The molecule has 0 aliphatic heterocycles. The first-order valence-electron chi connectivity index (χ1n) is 5.82. The molecule has 0 aliphatic carbocycles. The number of carbonyl (C=O) groups excluding carboxylic acids is 1. The van der Waals surface area contributed by atoms with Crippen LogP contribution in [0.5, 0.6) is 0 Å². The summed E-state index contributed by atoms with van der Waals surface area (Å²) in [6.45, 7) is 7.81. The van der Waals surface area contributed by atoms with Gasteiger partial charge < -0.3 is 5.73 Å². The summed E-state index contributed by atoms with van der Waals surface area (Å²) < 4.78 is 0. The molecule has 0 aliphatic rings. The summed E-state index contributed by atoms with van der Waals surface area (Å²) in [5, 5.41) is 0. The van der Waals surface area contributed by atoms with Crippen LogP contribution in [0.2, 0.25) is 0 Å². The zero-order valence-electron chi connectivity index (χ0n) is 10.8. The Balaban J connectivity index is 0.000000673. The van der Waals surface area contributed by atoms with Crippen LogP contribution < -0.4 is 5.73 Å². The summed E-state index contributed by atoms with van der Waals surface area (Å²) in [5.41, 5.74) is 7.98. The molecule has 0 bridgehead atoms. The van der Waals surface area contributed by atoms with E-state index < -0.39 is 0 Å². The van der Waals surface area contributed by atoms with Crippen molar-refractivity contribution in [3.63, 3.8) is 0 Å². The molecule has 0 heterocycles. The molecular weight excluding hydrogens is 198 g/mol. The fourth-order valence-electron chi connectivity index (χ4n) is 1.12. The van der Waals surface area contributed by atoms with Gasteiger partial charge in [0.05, 0.1) is 6.04 Å². The standard InChI is InChI=1S/C11H15NO.C3H8/c1-8-3-5-10(6-4-8)7-11(12)9(2)13;1-3-2/h3-6,11H,7,12H2,1-2H3;3H2,1-2H3/t11-;/m0./s1. The number of hydrogen-bond donors (Lipinski definition) is 1. The number of rotatable bonds is 3. The van der Waals surface area contributed by atoms with E-state index in [9.17, 15) is 4.79 Å². The van der Waals surface area contributed by atoms with Crippen molar-refractivity contribution in [3.05, 3.63) is 35.4 Å². The van der Waals surface area contributed by atoms with Gasteiger partial charge in [-0.1, -0.05) is 50.1 Å². The lowest BCUT2D eigenvalue weighted by Gasteiger charge is -2.07. The van der Waals surface area contributed by atoms with E-state index in [-0.39, 0.29) is 11.8 Å².